The largest absolute Gasteiger partial charge is 0.481 e. The van der Waals surface area contributed by atoms with Gasteiger partial charge in [-0.05, 0) is 37.7 Å². The quantitative estimate of drug-likeness (QED) is 0.180. The Balaban J connectivity index is 2.04. The van der Waals surface area contributed by atoms with Crippen molar-refractivity contribution in [2.24, 2.45) is 0 Å². The molecule has 0 spiro atoms. The summed E-state index contributed by atoms with van der Waals surface area (Å²) in [6.45, 7) is 2.13. The zero-order valence-electron chi connectivity index (χ0n) is 18.0. The summed E-state index contributed by atoms with van der Waals surface area (Å²) in [6, 6.07) is 8.89. The van der Waals surface area contributed by atoms with Gasteiger partial charge in [-0.15, -0.1) is 0 Å². The van der Waals surface area contributed by atoms with Crippen LogP contribution in [0.1, 0.15) is 95.5 Å². The predicted molar refractivity (Wildman–Crippen MR) is 118 cm³/mol. The fourth-order valence-corrected chi connectivity index (χ4v) is 3.23. The molecule has 1 N–H and O–H groups in total. The summed E-state index contributed by atoms with van der Waals surface area (Å²) >= 11 is 0. The van der Waals surface area contributed by atoms with Gasteiger partial charge in [-0.2, -0.15) is 0 Å². The van der Waals surface area contributed by atoms with Gasteiger partial charge < -0.3 is 9.84 Å². The molecule has 0 aliphatic carbocycles. The van der Waals surface area contributed by atoms with Crippen LogP contribution in [-0.4, -0.2) is 23.7 Å². The molecule has 0 radical (unpaired) electrons. The van der Waals surface area contributed by atoms with E-state index in [0.717, 1.165) is 25.7 Å². The van der Waals surface area contributed by atoms with Gasteiger partial charge in [0, 0.05) is 6.42 Å². The first kappa shape index (κ1) is 24.9. The molecule has 0 aromatic heterocycles. The lowest BCUT2D eigenvalue weighted by atomic mass is 10.0. The van der Waals surface area contributed by atoms with Gasteiger partial charge in [-0.1, -0.05) is 87.9 Å². The van der Waals surface area contributed by atoms with E-state index in [2.05, 4.69) is 19.1 Å². The Morgan fingerprint density at radius 2 is 1.48 bits per heavy atom. The van der Waals surface area contributed by atoms with E-state index in [1.807, 2.05) is 6.07 Å². The van der Waals surface area contributed by atoms with E-state index in [1.165, 1.54) is 44.9 Å². The van der Waals surface area contributed by atoms with E-state index in [4.69, 9.17) is 4.74 Å². The van der Waals surface area contributed by atoms with E-state index in [-0.39, 0.29) is 12.6 Å². The molecule has 0 saturated carbocycles. The fraction of sp³-hybridized carbons (Fsp3) is 0.600. The molecule has 0 bridgehead atoms. The van der Waals surface area contributed by atoms with Crippen molar-refractivity contribution in [3.8, 4) is 0 Å². The first-order valence-electron chi connectivity index (χ1n) is 11.2. The lowest BCUT2D eigenvalue weighted by molar-refractivity contribution is -0.148. The molecule has 0 aliphatic rings. The third-order valence-electron chi connectivity index (χ3n) is 5.05. The van der Waals surface area contributed by atoms with Crippen molar-refractivity contribution < 1.29 is 19.4 Å². The van der Waals surface area contributed by atoms with Crippen molar-refractivity contribution in [3.05, 3.63) is 48.0 Å². The maximum Gasteiger partial charge on any atom is 0.314 e. The molecule has 162 valence electrons. The summed E-state index contributed by atoms with van der Waals surface area (Å²) in [5.74, 6) is -2.11. The van der Waals surface area contributed by atoms with Gasteiger partial charge in [-0.3, -0.25) is 9.59 Å². The van der Waals surface area contributed by atoms with Crippen LogP contribution in [0.2, 0.25) is 0 Å². The van der Waals surface area contributed by atoms with Crippen LogP contribution < -0.4 is 0 Å². The van der Waals surface area contributed by atoms with Crippen LogP contribution in [-0.2, 0) is 14.3 Å². The molecule has 1 rings (SSSR count). The monoisotopic (exact) mass is 402 g/mol. The Bertz CT molecular complexity index is 580. The highest BCUT2D eigenvalue weighted by Gasteiger charge is 2.21. The number of carbonyl (C=O) groups excluding carboxylic acids is 1. The van der Waals surface area contributed by atoms with Crippen LogP contribution >= 0.6 is 0 Å². The summed E-state index contributed by atoms with van der Waals surface area (Å²) in [6.07, 6.45) is 18.0. The molecule has 1 unspecified atom stereocenters. The van der Waals surface area contributed by atoms with Crippen LogP contribution in [0.25, 0.3) is 0 Å². The normalized spacial score (nSPS) is 12.2. The average Bonchev–Trinajstić information content (AvgIpc) is 2.72. The van der Waals surface area contributed by atoms with Crippen LogP contribution in [0.3, 0.4) is 0 Å². The number of hydrogen-bond donors (Lipinski definition) is 1. The van der Waals surface area contributed by atoms with E-state index in [0.29, 0.717) is 12.0 Å². The standard InChI is InChI=1S/C25H38O4/c1-2-3-4-5-6-7-8-9-10-11-12-13-17-20-24(26)29-21-23(25(27)28)22-18-15-14-16-19-22/h10-11,14-16,18-19,23H,2-9,12-13,17,20-21H2,1H3,(H,27,28)/b11-10-. The number of carbonyl (C=O) groups is 2. The molecule has 4 nitrogen and oxygen atoms in total. The minimum atomic E-state index is -0.977. The average molecular weight is 403 g/mol. The number of benzene rings is 1. The second-order valence-corrected chi connectivity index (χ2v) is 7.61. The second kappa shape index (κ2) is 16.8. The molecule has 0 saturated heterocycles. The van der Waals surface area contributed by atoms with Crippen molar-refractivity contribution in [1.82, 2.24) is 0 Å². The van der Waals surface area contributed by atoms with Gasteiger partial charge >= 0.3 is 11.9 Å². The van der Waals surface area contributed by atoms with Gasteiger partial charge in [0.15, 0.2) is 0 Å². The predicted octanol–water partition coefficient (Wildman–Crippen LogP) is 6.66. The SMILES string of the molecule is CCCCCCCCC/C=C\CCCCC(=O)OCC(C(=O)O)c1ccccc1. The fourth-order valence-electron chi connectivity index (χ4n) is 3.23. The zero-order valence-corrected chi connectivity index (χ0v) is 18.0. The number of carboxylic acids is 1. The van der Waals surface area contributed by atoms with Gasteiger partial charge in [0.2, 0.25) is 0 Å². The Kier molecular flexibility index (Phi) is 14.5. The first-order valence-corrected chi connectivity index (χ1v) is 11.2. The number of ether oxygens (including phenoxy) is 1. The number of esters is 1. The van der Waals surface area contributed by atoms with Crippen molar-refractivity contribution in [1.29, 1.82) is 0 Å². The topological polar surface area (TPSA) is 63.6 Å². The maximum absolute atomic E-state index is 11.9. The molecule has 0 heterocycles. The van der Waals surface area contributed by atoms with Crippen LogP contribution in [0.15, 0.2) is 42.5 Å². The lowest BCUT2D eigenvalue weighted by Crippen LogP contribution is -2.20. The minimum Gasteiger partial charge on any atom is -0.481 e. The van der Waals surface area contributed by atoms with E-state index in [9.17, 15) is 14.7 Å². The number of hydrogen-bond acceptors (Lipinski definition) is 3. The third kappa shape index (κ3) is 12.9. The molecular formula is C25H38O4. The van der Waals surface area contributed by atoms with E-state index in [1.54, 1.807) is 24.3 Å². The Hall–Kier alpha value is -2.10. The summed E-state index contributed by atoms with van der Waals surface area (Å²) in [7, 11) is 0. The molecule has 0 aliphatic heterocycles. The highest BCUT2D eigenvalue weighted by atomic mass is 16.5. The third-order valence-corrected chi connectivity index (χ3v) is 5.05. The van der Waals surface area contributed by atoms with Crippen molar-refractivity contribution in [2.75, 3.05) is 6.61 Å². The molecule has 0 amide bonds. The van der Waals surface area contributed by atoms with E-state index >= 15 is 0 Å². The number of unbranched alkanes of at least 4 members (excludes halogenated alkanes) is 9. The van der Waals surface area contributed by atoms with Crippen molar-refractivity contribution >= 4 is 11.9 Å². The number of aliphatic carboxylic acids is 1. The molecule has 4 heteroatoms. The molecule has 0 fully saturated rings. The summed E-state index contributed by atoms with van der Waals surface area (Å²) in [5.41, 5.74) is 0.652. The van der Waals surface area contributed by atoms with Gasteiger partial charge in [0.25, 0.3) is 0 Å². The molecule has 1 atom stereocenters. The van der Waals surface area contributed by atoms with Gasteiger partial charge in [0.05, 0.1) is 0 Å². The number of allylic oxidation sites excluding steroid dienone is 2. The first-order chi connectivity index (χ1) is 14.1. The Morgan fingerprint density at radius 3 is 2.10 bits per heavy atom. The van der Waals surface area contributed by atoms with Crippen molar-refractivity contribution in [3.63, 3.8) is 0 Å². The zero-order chi connectivity index (χ0) is 21.2. The molecule has 1 aromatic carbocycles. The van der Waals surface area contributed by atoms with Crippen molar-refractivity contribution in [2.45, 2.75) is 89.9 Å². The second-order valence-electron chi connectivity index (χ2n) is 7.61. The van der Waals surface area contributed by atoms with E-state index < -0.39 is 11.9 Å². The highest BCUT2D eigenvalue weighted by Crippen LogP contribution is 2.17. The lowest BCUT2D eigenvalue weighted by Gasteiger charge is -2.13. The van der Waals surface area contributed by atoms with Crippen LogP contribution in [0.5, 0.6) is 0 Å². The minimum absolute atomic E-state index is 0.115. The number of rotatable bonds is 17. The highest BCUT2D eigenvalue weighted by molar-refractivity contribution is 5.77. The summed E-state index contributed by atoms with van der Waals surface area (Å²) < 4.78 is 5.19. The Morgan fingerprint density at radius 1 is 0.897 bits per heavy atom. The van der Waals surface area contributed by atoms with Crippen LogP contribution in [0.4, 0.5) is 0 Å². The maximum atomic E-state index is 11.9. The van der Waals surface area contributed by atoms with Gasteiger partial charge in [0.1, 0.15) is 12.5 Å². The van der Waals surface area contributed by atoms with Crippen LogP contribution in [0, 0.1) is 0 Å². The summed E-state index contributed by atoms with van der Waals surface area (Å²) in [4.78, 5) is 23.3. The summed E-state index contributed by atoms with van der Waals surface area (Å²) in [5, 5.41) is 9.34. The molecule has 1 aromatic rings. The Labute approximate surface area is 176 Å². The number of carboxylic acid groups (broad SMARTS) is 1. The molecular weight excluding hydrogens is 364 g/mol. The molecule has 29 heavy (non-hydrogen) atoms. The smallest absolute Gasteiger partial charge is 0.314 e. The van der Waals surface area contributed by atoms with Gasteiger partial charge in [-0.25, -0.2) is 0 Å².